The minimum atomic E-state index is -0.803. The molecule has 0 aliphatic carbocycles. The van der Waals surface area contributed by atoms with Crippen molar-refractivity contribution < 1.29 is 9.18 Å². The maximum absolute atomic E-state index is 13.3. The van der Waals surface area contributed by atoms with Gasteiger partial charge in [-0.25, -0.2) is 19.2 Å². The normalized spacial score (nSPS) is 21.0. The molecule has 0 unspecified atom stereocenters. The van der Waals surface area contributed by atoms with E-state index in [1.807, 2.05) is 11.0 Å². The summed E-state index contributed by atoms with van der Waals surface area (Å²) >= 11 is 0. The molecule has 7 nitrogen and oxygen atoms in total. The number of pyridine rings is 2. The van der Waals surface area contributed by atoms with E-state index in [1.54, 1.807) is 42.7 Å². The van der Waals surface area contributed by atoms with Crippen LogP contribution in [0, 0.1) is 5.41 Å². The van der Waals surface area contributed by atoms with Crippen LogP contribution in [-0.4, -0.2) is 47.5 Å². The quantitative estimate of drug-likeness (QED) is 0.814. The number of alkyl halides is 1. The van der Waals surface area contributed by atoms with Gasteiger partial charge in [0, 0.05) is 30.2 Å². The third-order valence-corrected chi connectivity index (χ3v) is 4.60. The van der Waals surface area contributed by atoms with Crippen LogP contribution in [0.15, 0.2) is 54.5 Å². The number of hydrogen-bond acceptors (Lipinski definition) is 5. The monoisotopic (exact) mass is 366 g/mol. The highest BCUT2D eigenvalue weighted by atomic mass is 19.1. The van der Waals surface area contributed by atoms with Crippen molar-refractivity contribution in [2.45, 2.75) is 12.6 Å². The van der Waals surface area contributed by atoms with E-state index in [-0.39, 0.29) is 11.7 Å². The first kappa shape index (κ1) is 17.1. The molecule has 138 valence electrons. The van der Waals surface area contributed by atoms with Crippen molar-refractivity contribution in [1.29, 1.82) is 5.41 Å². The van der Waals surface area contributed by atoms with Gasteiger partial charge >= 0.3 is 6.03 Å². The van der Waals surface area contributed by atoms with Crippen LogP contribution in [0.25, 0.3) is 0 Å². The van der Waals surface area contributed by atoms with Crippen molar-refractivity contribution in [2.24, 2.45) is 0 Å². The van der Waals surface area contributed by atoms with Crippen LogP contribution in [0.4, 0.5) is 20.8 Å². The second-order valence-corrected chi connectivity index (χ2v) is 6.52. The van der Waals surface area contributed by atoms with Gasteiger partial charge in [-0.1, -0.05) is 6.07 Å². The first-order chi connectivity index (χ1) is 13.1. The first-order valence-corrected chi connectivity index (χ1v) is 8.74. The molecule has 2 amide bonds. The first-order valence-electron chi connectivity index (χ1n) is 8.74. The molecule has 1 atom stereocenters. The standard InChI is InChI=1S/C19H19FN6O/c20-14-6-8-25(11-14)17-5-4-13(10-23-17)16(21)9-15-12-26(19(27)24-15)18-3-1-2-7-22-18/h1-5,7,9-10,14,21H,6,8,11-12H2,(H,24,27)/b15-9-,21-16?/t14-/m0/s1. The summed E-state index contributed by atoms with van der Waals surface area (Å²) in [5, 5.41) is 11.0. The fourth-order valence-corrected chi connectivity index (χ4v) is 3.18. The molecule has 0 radical (unpaired) electrons. The van der Waals surface area contributed by atoms with Crippen LogP contribution in [0.1, 0.15) is 12.0 Å². The molecule has 2 aromatic rings. The fraction of sp³-hybridized carbons (Fsp3) is 0.263. The highest BCUT2D eigenvalue weighted by molar-refractivity contribution is 6.08. The maximum atomic E-state index is 13.3. The molecule has 2 aliphatic rings. The zero-order valence-electron chi connectivity index (χ0n) is 14.6. The second kappa shape index (κ2) is 7.14. The topological polar surface area (TPSA) is 85.2 Å². The number of halogens is 1. The number of allylic oxidation sites excluding steroid dienone is 1. The summed E-state index contributed by atoms with van der Waals surface area (Å²) in [6, 6.07) is 8.69. The number of urea groups is 1. The number of carbonyl (C=O) groups excluding carboxylic acids is 1. The maximum Gasteiger partial charge on any atom is 0.327 e. The van der Waals surface area contributed by atoms with Gasteiger partial charge in [0.15, 0.2) is 0 Å². The molecule has 2 aliphatic heterocycles. The van der Waals surface area contributed by atoms with Crippen LogP contribution in [0.2, 0.25) is 0 Å². The Morgan fingerprint density at radius 3 is 2.81 bits per heavy atom. The van der Waals surface area contributed by atoms with E-state index in [0.717, 1.165) is 5.82 Å². The van der Waals surface area contributed by atoms with Gasteiger partial charge in [-0.15, -0.1) is 0 Å². The molecule has 0 saturated carbocycles. The predicted molar refractivity (Wildman–Crippen MR) is 101 cm³/mol. The van der Waals surface area contributed by atoms with Gasteiger partial charge in [0.2, 0.25) is 0 Å². The van der Waals surface area contributed by atoms with E-state index < -0.39 is 6.17 Å². The Hall–Kier alpha value is -3.29. The number of amides is 2. The second-order valence-electron chi connectivity index (χ2n) is 6.52. The minimum Gasteiger partial charge on any atom is -0.354 e. The van der Waals surface area contributed by atoms with Crippen LogP contribution < -0.4 is 15.1 Å². The van der Waals surface area contributed by atoms with Crippen molar-refractivity contribution in [1.82, 2.24) is 15.3 Å². The van der Waals surface area contributed by atoms with Gasteiger partial charge in [0.1, 0.15) is 17.8 Å². The van der Waals surface area contributed by atoms with Crippen LogP contribution in [0.3, 0.4) is 0 Å². The lowest BCUT2D eigenvalue weighted by atomic mass is 10.1. The molecule has 2 aromatic heterocycles. The molecule has 2 saturated heterocycles. The summed E-state index contributed by atoms with van der Waals surface area (Å²) in [5.41, 5.74) is 1.50. The number of rotatable bonds is 4. The van der Waals surface area contributed by atoms with Crippen molar-refractivity contribution in [2.75, 3.05) is 29.4 Å². The van der Waals surface area contributed by atoms with E-state index in [0.29, 0.717) is 43.1 Å². The highest BCUT2D eigenvalue weighted by Crippen LogP contribution is 2.21. The Labute approximate surface area is 156 Å². The lowest BCUT2D eigenvalue weighted by Crippen LogP contribution is -2.28. The zero-order chi connectivity index (χ0) is 18.8. The molecule has 8 heteroatoms. The van der Waals surface area contributed by atoms with Gasteiger partial charge in [-0.3, -0.25) is 4.90 Å². The fourth-order valence-electron chi connectivity index (χ4n) is 3.18. The van der Waals surface area contributed by atoms with Crippen molar-refractivity contribution in [3.8, 4) is 0 Å². The van der Waals surface area contributed by atoms with Crippen molar-refractivity contribution in [3.63, 3.8) is 0 Å². The lowest BCUT2D eigenvalue weighted by Gasteiger charge is -2.16. The smallest absolute Gasteiger partial charge is 0.327 e. The van der Waals surface area contributed by atoms with E-state index in [4.69, 9.17) is 5.41 Å². The van der Waals surface area contributed by atoms with E-state index in [2.05, 4.69) is 15.3 Å². The molecular formula is C19H19FN6O. The van der Waals surface area contributed by atoms with Gasteiger partial charge in [-0.2, -0.15) is 0 Å². The zero-order valence-corrected chi connectivity index (χ0v) is 14.6. The number of nitrogens with one attached hydrogen (secondary N) is 2. The molecule has 0 spiro atoms. The summed E-state index contributed by atoms with van der Waals surface area (Å²) in [7, 11) is 0. The van der Waals surface area contributed by atoms with E-state index in [1.165, 1.54) is 4.90 Å². The average molecular weight is 366 g/mol. The Bertz CT molecular complexity index is 883. The molecule has 0 aromatic carbocycles. The average Bonchev–Trinajstić information content (AvgIpc) is 3.28. The highest BCUT2D eigenvalue weighted by Gasteiger charge is 2.26. The summed E-state index contributed by atoms with van der Waals surface area (Å²) in [6.07, 6.45) is 4.57. The molecule has 2 fully saturated rings. The predicted octanol–water partition coefficient (Wildman–Crippen LogP) is 2.51. The molecule has 4 rings (SSSR count). The van der Waals surface area contributed by atoms with Crippen LogP contribution in [0.5, 0.6) is 0 Å². The summed E-state index contributed by atoms with van der Waals surface area (Å²) < 4.78 is 13.3. The van der Waals surface area contributed by atoms with Gasteiger partial charge < -0.3 is 15.6 Å². The van der Waals surface area contributed by atoms with Crippen molar-refractivity contribution >= 4 is 23.4 Å². The number of nitrogens with zero attached hydrogens (tertiary/aromatic N) is 4. The Morgan fingerprint density at radius 2 is 2.15 bits per heavy atom. The Kier molecular flexibility index (Phi) is 4.53. The minimum absolute atomic E-state index is 0.247. The van der Waals surface area contributed by atoms with Gasteiger partial charge in [0.25, 0.3) is 0 Å². The van der Waals surface area contributed by atoms with Crippen LogP contribution >= 0.6 is 0 Å². The van der Waals surface area contributed by atoms with E-state index >= 15 is 0 Å². The molecule has 4 heterocycles. The third kappa shape index (κ3) is 3.64. The number of anilines is 2. The number of aromatic nitrogens is 2. The Balaban J connectivity index is 1.45. The van der Waals surface area contributed by atoms with E-state index in [9.17, 15) is 9.18 Å². The SMILES string of the molecule is N=C(/C=C1/CN(c2ccccn2)C(=O)N1)c1ccc(N2CC[C@H](F)C2)nc1. The Morgan fingerprint density at radius 1 is 1.26 bits per heavy atom. The summed E-state index contributed by atoms with van der Waals surface area (Å²) in [4.78, 5) is 24.1. The largest absolute Gasteiger partial charge is 0.354 e. The molecule has 27 heavy (non-hydrogen) atoms. The van der Waals surface area contributed by atoms with Crippen molar-refractivity contribution in [3.05, 3.63) is 60.1 Å². The number of hydrogen-bond donors (Lipinski definition) is 2. The molecular weight excluding hydrogens is 347 g/mol. The molecule has 2 N–H and O–H groups in total. The summed E-state index contributed by atoms with van der Waals surface area (Å²) in [5.74, 6) is 1.28. The third-order valence-electron chi connectivity index (χ3n) is 4.60. The lowest BCUT2D eigenvalue weighted by molar-refractivity contribution is 0.252. The van der Waals surface area contributed by atoms with Crippen LogP contribution in [-0.2, 0) is 0 Å². The van der Waals surface area contributed by atoms with Gasteiger partial charge in [-0.05, 0) is 36.8 Å². The van der Waals surface area contributed by atoms with Gasteiger partial charge in [0.05, 0.1) is 18.8 Å². The molecule has 0 bridgehead atoms. The summed E-state index contributed by atoms with van der Waals surface area (Å²) in [6.45, 7) is 1.35. The number of carbonyl (C=O) groups is 1.